The molecule has 0 radical (unpaired) electrons. The second kappa shape index (κ2) is 4.23. The van der Waals surface area contributed by atoms with E-state index in [1.807, 2.05) is 0 Å². The van der Waals surface area contributed by atoms with Crippen molar-refractivity contribution in [2.24, 2.45) is 5.92 Å². The highest BCUT2D eigenvalue weighted by molar-refractivity contribution is 5.91. The minimum absolute atomic E-state index is 0.127. The van der Waals surface area contributed by atoms with Crippen LogP contribution in [0.15, 0.2) is 12.4 Å². The van der Waals surface area contributed by atoms with E-state index < -0.39 is 0 Å². The molecule has 0 aliphatic heterocycles. The topological polar surface area (TPSA) is 67.0 Å². The van der Waals surface area contributed by atoms with E-state index in [2.05, 4.69) is 15.5 Å². The van der Waals surface area contributed by atoms with Crippen LogP contribution in [0.3, 0.4) is 0 Å². The first kappa shape index (κ1) is 9.21. The highest BCUT2D eigenvalue weighted by atomic mass is 16.5. The Morgan fingerprint density at radius 1 is 1.71 bits per heavy atom. The lowest BCUT2D eigenvalue weighted by atomic mass is 10.5. The fraction of sp³-hybridized carbons (Fsp3) is 0.556. The van der Waals surface area contributed by atoms with Crippen LogP contribution in [0.2, 0.25) is 0 Å². The highest BCUT2D eigenvalue weighted by Crippen LogP contribution is 2.28. The normalized spacial score (nSPS) is 15.4. The van der Waals surface area contributed by atoms with Crippen molar-refractivity contribution < 1.29 is 9.53 Å². The van der Waals surface area contributed by atoms with E-state index in [1.165, 1.54) is 12.8 Å². The van der Waals surface area contributed by atoms with E-state index in [9.17, 15) is 4.79 Å². The molecule has 5 nitrogen and oxygen atoms in total. The lowest BCUT2D eigenvalue weighted by Crippen LogP contribution is -2.18. The SMILES string of the molecule is O=C(COCC1CC1)Nc1cn[nH]c1. The van der Waals surface area contributed by atoms with Crippen LogP contribution in [0.1, 0.15) is 12.8 Å². The number of amides is 1. The molecule has 1 fully saturated rings. The van der Waals surface area contributed by atoms with Crippen LogP contribution in [-0.2, 0) is 9.53 Å². The van der Waals surface area contributed by atoms with Gasteiger partial charge in [0.2, 0.25) is 5.91 Å². The number of aromatic amines is 1. The Bertz CT molecular complexity index is 293. The molecule has 1 aromatic heterocycles. The Morgan fingerprint density at radius 2 is 2.57 bits per heavy atom. The average Bonchev–Trinajstić information content (AvgIpc) is 2.83. The summed E-state index contributed by atoms with van der Waals surface area (Å²) in [5, 5.41) is 8.99. The molecule has 2 N–H and O–H groups in total. The molecule has 0 unspecified atom stereocenters. The maximum absolute atomic E-state index is 11.2. The molecule has 0 aromatic carbocycles. The van der Waals surface area contributed by atoms with Gasteiger partial charge in [-0.15, -0.1) is 0 Å². The van der Waals surface area contributed by atoms with Gasteiger partial charge in [-0.05, 0) is 18.8 Å². The largest absolute Gasteiger partial charge is 0.371 e. The molecule has 1 aromatic rings. The lowest BCUT2D eigenvalue weighted by Gasteiger charge is -2.02. The number of carbonyl (C=O) groups is 1. The van der Waals surface area contributed by atoms with E-state index in [1.54, 1.807) is 12.4 Å². The molecule has 0 atom stereocenters. The van der Waals surface area contributed by atoms with Gasteiger partial charge in [-0.3, -0.25) is 9.89 Å². The Labute approximate surface area is 81.8 Å². The van der Waals surface area contributed by atoms with Crippen LogP contribution >= 0.6 is 0 Å². The van der Waals surface area contributed by atoms with Gasteiger partial charge in [-0.2, -0.15) is 5.10 Å². The van der Waals surface area contributed by atoms with Crippen LogP contribution in [0.25, 0.3) is 0 Å². The summed E-state index contributed by atoms with van der Waals surface area (Å²) in [5.74, 6) is 0.559. The molecule has 0 bridgehead atoms. The number of nitrogens with one attached hydrogen (secondary N) is 2. The smallest absolute Gasteiger partial charge is 0.250 e. The van der Waals surface area contributed by atoms with Gasteiger partial charge in [0.1, 0.15) is 6.61 Å². The van der Waals surface area contributed by atoms with Crippen molar-refractivity contribution in [2.45, 2.75) is 12.8 Å². The maximum Gasteiger partial charge on any atom is 0.250 e. The fourth-order valence-corrected chi connectivity index (χ4v) is 1.12. The third-order valence-electron chi connectivity index (χ3n) is 2.07. The van der Waals surface area contributed by atoms with Crippen molar-refractivity contribution in [3.8, 4) is 0 Å². The second-order valence-corrected chi connectivity index (χ2v) is 3.49. The molecule has 5 heteroatoms. The monoisotopic (exact) mass is 195 g/mol. The summed E-state index contributed by atoms with van der Waals surface area (Å²) in [7, 11) is 0. The highest BCUT2D eigenvalue weighted by Gasteiger charge is 2.21. The van der Waals surface area contributed by atoms with Crippen molar-refractivity contribution in [3.05, 3.63) is 12.4 Å². The van der Waals surface area contributed by atoms with Gasteiger partial charge in [0.15, 0.2) is 0 Å². The van der Waals surface area contributed by atoms with Crippen LogP contribution in [-0.4, -0.2) is 29.3 Å². The molecule has 1 heterocycles. The van der Waals surface area contributed by atoms with Crippen LogP contribution in [0.5, 0.6) is 0 Å². The van der Waals surface area contributed by atoms with E-state index in [0.717, 1.165) is 0 Å². The quantitative estimate of drug-likeness (QED) is 0.729. The van der Waals surface area contributed by atoms with E-state index in [-0.39, 0.29) is 12.5 Å². The zero-order valence-corrected chi connectivity index (χ0v) is 7.82. The van der Waals surface area contributed by atoms with Gasteiger partial charge in [0.25, 0.3) is 0 Å². The van der Waals surface area contributed by atoms with E-state index in [0.29, 0.717) is 18.2 Å². The summed E-state index contributed by atoms with van der Waals surface area (Å²) in [6.45, 7) is 0.834. The molecule has 14 heavy (non-hydrogen) atoms. The number of H-pyrrole nitrogens is 1. The molecule has 1 saturated carbocycles. The van der Waals surface area contributed by atoms with Crippen molar-refractivity contribution in [1.29, 1.82) is 0 Å². The van der Waals surface area contributed by atoms with Gasteiger partial charge in [0, 0.05) is 6.20 Å². The third kappa shape index (κ3) is 2.85. The van der Waals surface area contributed by atoms with E-state index in [4.69, 9.17) is 4.74 Å². The van der Waals surface area contributed by atoms with Crippen LogP contribution in [0.4, 0.5) is 5.69 Å². The van der Waals surface area contributed by atoms with Crippen molar-refractivity contribution in [2.75, 3.05) is 18.5 Å². The number of carbonyl (C=O) groups excluding carboxylic acids is 1. The summed E-state index contributed by atoms with van der Waals surface area (Å²) < 4.78 is 5.23. The average molecular weight is 195 g/mol. The van der Waals surface area contributed by atoms with Crippen LogP contribution in [0, 0.1) is 5.92 Å². The molecule has 0 spiro atoms. The number of hydrogen-bond acceptors (Lipinski definition) is 3. The maximum atomic E-state index is 11.2. The fourth-order valence-electron chi connectivity index (χ4n) is 1.12. The van der Waals surface area contributed by atoms with Crippen LogP contribution < -0.4 is 5.32 Å². The van der Waals surface area contributed by atoms with Crippen molar-refractivity contribution >= 4 is 11.6 Å². The molecule has 1 aliphatic rings. The Hall–Kier alpha value is -1.36. The number of anilines is 1. The van der Waals surface area contributed by atoms with E-state index >= 15 is 0 Å². The summed E-state index contributed by atoms with van der Waals surface area (Å²) in [6.07, 6.45) is 5.66. The lowest BCUT2D eigenvalue weighted by molar-refractivity contribution is -0.120. The van der Waals surface area contributed by atoms with Gasteiger partial charge >= 0.3 is 0 Å². The molecular weight excluding hydrogens is 182 g/mol. The molecule has 0 saturated heterocycles. The standard InChI is InChI=1S/C9H13N3O2/c13-9(6-14-5-7-1-2-7)12-8-3-10-11-4-8/h3-4,7H,1-2,5-6H2,(H,10,11)(H,12,13). The van der Waals surface area contributed by atoms with Crippen molar-refractivity contribution in [3.63, 3.8) is 0 Å². The Balaban J connectivity index is 1.62. The first-order valence-corrected chi connectivity index (χ1v) is 4.71. The summed E-state index contributed by atoms with van der Waals surface area (Å²) in [5.41, 5.74) is 0.671. The zero-order valence-electron chi connectivity index (χ0n) is 7.82. The molecular formula is C9H13N3O2. The summed E-state index contributed by atoms with van der Waals surface area (Å²) >= 11 is 0. The first-order valence-electron chi connectivity index (χ1n) is 4.71. The predicted molar refractivity (Wildman–Crippen MR) is 50.8 cm³/mol. The van der Waals surface area contributed by atoms with Gasteiger partial charge in [-0.1, -0.05) is 0 Å². The minimum atomic E-state index is -0.132. The van der Waals surface area contributed by atoms with Crippen molar-refractivity contribution in [1.82, 2.24) is 10.2 Å². The van der Waals surface area contributed by atoms with Gasteiger partial charge in [0.05, 0.1) is 18.5 Å². The molecule has 76 valence electrons. The number of hydrogen-bond donors (Lipinski definition) is 2. The number of rotatable bonds is 5. The van der Waals surface area contributed by atoms with Gasteiger partial charge < -0.3 is 10.1 Å². The number of ether oxygens (including phenoxy) is 1. The molecule has 1 amide bonds. The zero-order chi connectivity index (χ0) is 9.80. The van der Waals surface area contributed by atoms with Gasteiger partial charge in [-0.25, -0.2) is 0 Å². The Morgan fingerprint density at radius 3 is 3.21 bits per heavy atom. The summed E-state index contributed by atoms with van der Waals surface area (Å²) in [4.78, 5) is 11.2. The minimum Gasteiger partial charge on any atom is -0.371 e. The third-order valence-corrected chi connectivity index (χ3v) is 2.07. The number of nitrogens with zero attached hydrogens (tertiary/aromatic N) is 1. The predicted octanol–water partition coefficient (Wildman–Crippen LogP) is 0.775. The number of aromatic nitrogens is 2. The molecule has 1 aliphatic carbocycles. The Kier molecular flexibility index (Phi) is 2.78. The summed E-state index contributed by atoms with van der Waals surface area (Å²) in [6, 6.07) is 0. The molecule has 2 rings (SSSR count). The second-order valence-electron chi connectivity index (χ2n) is 3.49. The first-order chi connectivity index (χ1) is 6.84.